The number of anilines is 1. The molecule has 1 unspecified atom stereocenters. The Morgan fingerprint density at radius 3 is 3.05 bits per heavy atom. The number of nitrogens with zero attached hydrogens (tertiary/aromatic N) is 1. The zero-order valence-electron chi connectivity index (χ0n) is 10.9. The predicted molar refractivity (Wildman–Crippen MR) is 71.7 cm³/mol. The smallest absolute Gasteiger partial charge is 0.292 e. The summed E-state index contributed by atoms with van der Waals surface area (Å²) in [7, 11) is 1.54. The molecule has 1 atom stereocenters. The van der Waals surface area contributed by atoms with E-state index in [-0.39, 0.29) is 11.8 Å². The van der Waals surface area contributed by atoms with E-state index >= 15 is 0 Å². The van der Waals surface area contributed by atoms with E-state index in [1.165, 1.54) is 13.2 Å². The van der Waals surface area contributed by atoms with Crippen molar-refractivity contribution in [3.8, 4) is 5.75 Å². The van der Waals surface area contributed by atoms with E-state index in [0.717, 1.165) is 25.9 Å². The van der Waals surface area contributed by atoms with Crippen LogP contribution in [0.5, 0.6) is 5.75 Å². The molecular weight excluding hydrogens is 248 g/mol. The summed E-state index contributed by atoms with van der Waals surface area (Å²) in [5.74, 6) is 0.602. The van der Waals surface area contributed by atoms with Gasteiger partial charge in [0, 0.05) is 25.3 Å². The van der Waals surface area contributed by atoms with Crippen LogP contribution in [0.4, 0.5) is 11.4 Å². The van der Waals surface area contributed by atoms with Gasteiger partial charge in [0.05, 0.1) is 18.1 Å². The van der Waals surface area contributed by atoms with Crippen LogP contribution in [0.15, 0.2) is 18.2 Å². The molecule has 0 saturated carbocycles. The minimum absolute atomic E-state index is 0.0631. The third-order valence-electron chi connectivity index (χ3n) is 3.21. The number of hydrogen-bond donors (Lipinski definition) is 1. The van der Waals surface area contributed by atoms with E-state index in [1.54, 1.807) is 12.1 Å². The predicted octanol–water partition coefficient (Wildman–Crippen LogP) is 2.58. The SMILES string of the molecule is COc1ccc([N+](=O)[O-])c(NCCC2CCCO2)c1. The van der Waals surface area contributed by atoms with Crippen LogP contribution in [0.25, 0.3) is 0 Å². The van der Waals surface area contributed by atoms with E-state index in [2.05, 4.69) is 5.32 Å². The van der Waals surface area contributed by atoms with Gasteiger partial charge in [-0.25, -0.2) is 0 Å². The van der Waals surface area contributed by atoms with Gasteiger partial charge >= 0.3 is 0 Å². The van der Waals surface area contributed by atoms with Gasteiger partial charge < -0.3 is 14.8 Å². The Labute approximate surface area is 111 Å². The number of nitrogens with one attached hydrogen (secondary N) is 1. The highest BCUT2D eigenvalue weighted by atomic mass is 16.6. The lowest BCUT2D eigenvalue weighted by Crippen LogP contribution is -2.13. The van der Waals surface area contributed by atoms with Crippen molar-refractivity contribution in [3.05, 3.63) is 28.3 Å². The number of rotatable bonds is 6. The van der Waals surface area contributed by atoms with Crippen LogP contribution in [-0.2, 0) is 4.74 Å². The molecule has 6 nitrogen and oxygen atoms in total. The molecule has 1 N–H and O–H groups in total. The molecule has 1 fully saturated rings. The van der Waals surface area contributed by atoms with E-state index in [4.69, 9.17) is 9.47 Å². The number of nitro groups is 1. The molecule has 0 amide bonds. The molecule has 6 heteroatoms. The second kappa shape index (κ2) is 6.38. The van der Waals surface area contributed by atoms with Gasteiger partial charge in [-0.05, 0) is 25.3 Å². The van der Waals surface area contributed by atoms with Gasteiger partial charge in [-0.15, -0.1) is 0 Å². The Hall–Kier alpha value is -1.82. The first-order valence-corrected chi connectivity index (χ1v) is 6.38. The Bertz CT molecular complexity index is 444. The molecule has 1 aromatic carbocycles. The zero-order valence-corrected chi connectivity index (χ0v) is 10.9. The average Bonchev–Trinajstić information content (AvgIpc) is 2.91. The van der Waals surface area contributed by atoms with Gasteiger partial charge in [-0.1, -0.05) is 0 Å². The van der Waals surface area contributed by atoms with Crippen molar-refractivity contribution in [2.45, 2.75) is 25.4 Å². The maximum absolute atomic E-state index is 10.9. The van der Waals surface area contributed by atoms with E-state index in [0.29, 0.717) is 18.0 Å². The summed E-state index contributed by atoms with van der Waals surface area (Å²) < 4.78 is 10.6. The van der Waals surface area contributed by atoms with Crippen molar-refractivity contribution in [3.63, 3.8) is 0 Å². The average molecular weight is 266 g/mol. The van der Waals surface area contributed by atoms with Crippen molar-refractivity contribution in [1.29, 1.82) is 0 Å². The lowest BCUT2D eigenvalue weighted by molar-refractivity contribution is -0.384. The summed E-state index contributed by atoms with van der Waals surface area (Å²) in [5.41, 5.74) is 0.551. The van der Waals surface area contributed by atoms with Crippen LogP contribution in [0.2, 0.25) is 0 Å². The number of nitro benzene ring substituents is 1. The summed E-state index contributed by atoms with van der Waals surface area (Å²) in [6, 6.07) is 4.68. The first-order valence-electron chi connectivity index (χ1n) is 6.38. The number of benzene rings is 1. The maximum atomic E-state index is 10.9. The molecule has 0 aliphatic carbocycles. The quantitative estimate of drug-likeness (QED) is 0.632. The molecule has 19 heavy (non-hydrogen) atoms. The summed E-state index contributed by atoms with van der Waals surface area (Å²) in [6.45, 7) is 1.47. The summed E-state index contributed by atoms with van der Waals surface area (Å²) in [5, 5.41) is 14.0. The van der Waals surface area contributed by atoms with Crippen molar-refractivity contribution in [2.24, 2.45) is 0 Å². The largest absolute Gasteiger partial charge is 0.497 e. The first-order chi connectivity index (χ1) is 9.20. The highest BCUT2D eigenvalue weighted by molar-refractivity contribution is 5.64. The monoisotopic (exact) mass is 266 g/mol. The molecule has 104 valence electrons. The fourth-order valence-corrected chi connectivity index (χ4v) is 2.18. The highest BCUT2D eigenvalue weighted by Crippen LogP contribution is 2.29. The van der Waals surface area contributed by atoms with Crippen LogP contribution >= 0.6 is 0 Å². The van der Waals surface area contributed by atoms with Gasteiger partial charge in [-0.3, -0.25) is 10.1 Å². The topological polar surface area (TPSA) is 73.6 Å². The summed E-state index contributed by atoms with van der Waals surface area (Å²) in [6.07, 6.45) is 3.30. The van der Waals surface area contributed by atoms with Crippen molar-refractivity contribution >= 4 is 11.4 Å². The standard InChI is InChI=1S/C13H18N2O4/c1-18-11-4-5-13(15(16)17)12(9-11)14-7-6-10-3-2-8-19-10/h4-5,9-10,14H,2-3,6-8H2,1H3. The molecule has 1 aromatic rings. The second-order valence-corrected chi connectivity index (χ2v) is 4.49. The Morgan fingerprint density at radius 1 is 1.58 bits per heavy atom. The molecule has 2 rings (SSSR count). The molecule has 0 aromatic heterocycles. The first kappa shape index (κ1) is 13.6. The van der Waals surface area contributed by atoms with Crippen LogP contribution in [0.1, 0.15) is 19.3 Å². The lowest BCUT2D eigenvalue weighted by Gasteiger charge is -2.12. The van der Waals surface area contributed by atoms with Gasteiger partial charge in [0.15, 0.2) is 0 Å². The molecule has 0 radical (unpaired) electrons. The number of hydrogen-bond acceptors (Lipinski definition) is 5. The van der Waals surface area contributed by atoms with Gasteiger partial charge in [0.2, 0.25) is 0 Å². The van der Waals surface area contributed by atoms with Gasteiger partial charge in [0.25, 0.3) is 5.69 Å². The molecule has 1 aliphatic heterocycles. The summed E-state index contributed by atoms with van der Waals surface area (Å²) in [4.78, 5) is 10.5. The Kier molecular flexibility index (Phi) is 4.57. The minimum Gasteiger partial charge on any atom is -0.497 e. The molecule has 1 aliphatic rings. The van der Waals surface area contributed by atoms with Crippen LogP contribution in [-0.4, -0.2) is 31.3 Å². The summed E-state index contributed by atoms with van der Waals surface area (Å²) >= 11 is 0. The normalized spacial score (nSPS) is 18.3. The third kappa shape index (κ3) is 3.57. The molecule has 0 spiro atoms. The fraction of sp³-hybridized carbons (Fsp3) is 0.538. The number of methoxy groups -OCH3 is 1. The Balaban J connectivity index is 1.98. The highest BCUT2D eigenvalue weighted by Gasteiger charge is 2.17. The third-order valence-corrected chi connectivity index (χ3v) is 3.21. The lowest BCUT2D eigenvalue weighted by atomic mass is 10.2. The molecular formula is C13H18N2O4. The Morgan fingerprint density at radius 2 is 2.42 bits per heavy atom. The van der Waals surface area contributed by atoms with Crippen LogP contribution in [0, 0.1) is 10.1 Å². The molecule has 1 heterocycles. The van der Waals surface area contributed by atoms with Crippen LogP contribution < -0.4 is 10.1 Å². The van der Waals surface area contributed by atoms with Gasteiger partial charge in [0.1, 0.15) is 11.4 Å². The van der Waals surface area contributed by atoms with Crippen molar-refractivity contribution in [1.82, 2.24) is 0 Å². The zero-order chi connectivity index (χ0) is 13.7. The van der Waals surface area contributed by atoms with Gasteiger partial charge in [-0.2, -0.15) is 0 Å². The maximum Gasteiger partial charge on any atom is 0.292 e. The molecule has 1 saturated heterocycles. The second-order valence-electron chi connectivity index (χ2n) is 4.49. The van der Waals surface area contributed by atoms with E-state index < -0.39 is 4.92 Å². The minimum atomic E-state index is -0.395. The fourth-order valence-electron chi connectivity index (χ4n) is 2.18. The van der Waals surface area contributed by atoms with E-state index in [1.807, 2.05) is 0 Å². The number of ether oxygens (including phenoxy) is 2. The van der Waals surface area contributed by atoms with Crippen molar-refractivity contribution in [2.75, 3.05) is 25.6 Å². The molecule has 0 bridgehead atoms. The van der Waals surface area contributed by atoms with Crippen LogP contribution in [0.3, 0.4) is 0 Å². The van der Waals surface area contributed by atoms with Crippen molar-refractivity contribution < 1.29 is 14.4 Å². The van der Waals surface area contributed by atoms with E-state index in [9.17, 15) is 10.1 Å².